The SMILES string of the molecule is CCCC[C@@H](CC)COC(=O)OOC(C)(C)C. The molecule has 0 aliphatic heterocycles. The molecule has 0 saturated carbocycles. The Hall–Kier alpha value is -0.770. The van der Waals surface area contributed by atoms with Crippen molar-refractivity contribution >= 4 is 6.16 Å². The molecule has 0 amide bonds. The third-order valence-electron chi connectivity index (χ3n) is 2.34. The highest BCUT2D eigenvalue weighted by Gasteiger charge is 2.17. The van der Waals surface area contributed by atoms with Gasteiger partial charge in [-0.2, -0.15) is 4.89 Å². The zero-order chi connectivity index (χ0) is 13.3. The molecule has 1 atom stereocenters. The maximum absolute atomic E-state index is 11.2. The van der Waals surface area contributed by atoms with Crippen LogP contribution in [0.25, 0.3) is 0 Å². The third-order valence-corrected chi connectivity index (χ3v) is 2.34. The van der Waals surface area contributed by atoms with Gasteiger partial charge in [0.05, 0.1) is 6.61 Å². The molecule has 0 aromatic carbocycles. The Kier molecular flexibility index (Phi) is 7.96. The summed E-state index contributed by atoms with van der Waals surface area (Å²) in [5, 5.41) is 0. The molecule has 0 N–H and O–H groups in total. The van der Waals surface area contributed by atoms with Gasteiger partial charge in [-0.1, -0.05) is 33.1 Å². The van der Waals surface area contributed by atoms with Gasteiger partial charge in [-0.25, -0.2) is 4.79 Å². The van der Waals surface area contributed by atoms with Crippen molar-refractivity contribution in [2.75, 3.05) is 6.61 Å². The molecule has 0 aliphatic rings. The first-order valence-electron chi connectivity index (χ1n) is 6.41. The second-order valence-electron chi connectivity index (χ2n) is 5.26. The average molecular weight is 246 g/mol. The number of rotatable bonds is 7. The highest BCUT2D eigenvalue weighted by molar-refractivity contribution is 5.58. The predicted molar refractivity (Wildman–Crippen MR) is 66.6 cm³/mol. The van der Waals surface area contributed by atoms with Crippen LogP contribution in [0.15, 0.2) is 0 Å². The predicted octanol–water partition coefficient (Wildman–Crippen LogP) is 4.09. The molecule has 0 saturated heterocycles. The molecule has 102 valence electrons. The second kappa shape index (κ2) is 8.34. The maximum Gasteiger partial charge on any atom is 0.540 e. The van der Waals surface area contributed by atoms with Crippen LogP contribution in [0.5, 0.6) is 0 Å². The van der Waals surface area contributed by atoms with E-state index in [-0.39, 0.29) is 0 Å². The van der Waals surface area contributed by atoms with E-state index in [9.17, 15) is 4.79 Å². The Morgan fingerprint density at radius 2 is 1.88 bits per heavy atom. The van der Waals surface area contributed by atoms with E-state index in [1.165, 1.54) is 0 Å². The van der Waals surface area contributed by atoms with Gasteiger partial charge in [-0.05, 0) is 33.1 Å². The lowest BCUT2D eigenvalue weighted by Crippen LogP contribution is -2.23. The Bertz CT molecular complexity index is 208. The van der Waals surface area contributed by atoms with Gasteiger partial charge in [0, 0.05) is 0 Å². The van der Waals surface area contributed by atoms with Crippen molar-refractivity contribution in [3.05, 3.63) is 0 Å². The summed E-state index contributed by atoms with van der Waals surface area (Å²) in [7, 11) is 0. The number of ether oxygens (including phenoxy) is 1. The quantitative estimate of drug-likeness (QED) is 0.385. The standard InChI is InChI=1S/C13H26O4/c1-6-8-9-11(7-2)10-15-12(14)16-17-13(3,4)5/h11H,6-10H2,1-5H3/t11-/m1/s1. The van der Waals surface area contributed by atoms with Gasteiger partial charge in [-0.3, -0.25) is 4.89 Å². The van der Waals surface area contributed by atoms with E-state index in [4.69, 9.17) is 9.62 Å². The summed E-state index contributed by atoms with van der Waals surface area (Å²) in [6.07, 6.45) is 3.66. The van der Waals surface area contributed by atoms with Crippen LogP contribution < -0.4 is 0 Å². The molecule has 0 fully saturated rings. The molecule has 0 rings (SSSR count). The van der Waals surface area contributed by atoms with Crippen molar-refractivity contribution in [1.82, 2.24) is 0 Å². The monoisotopic (exact) mass is 246 g/mol. The fourth-order valence-corrected chi connectivity index (χ4v) is 1.27. The molecule has 0 aliphatic carbocycles. The molecule has 0 spiro atoms. The third kappa shape index (κ3) is 10.1. The maximum atomic E-state index is 11.2. The summed E-state index contributed by atoms with van der Waals surface area (Å²) in [5.74, 6) is 0.414. The van der Waals surface area contributed by atoms with E-state index in [2.05, 4.69) is 18.7 Å². The first-order chi connectivity index (χ1) is 7.89. The summed E-state index contributed by atoms with van der Waals surface area (Å²) >= 11 is 0. The van der Waals surface area contributed by atoms with Crippen LogP contribution in [0.1, 0.15) is 60.3 Å². The Balaban J connectivity index is 3.73. The zero-order valence-corrected chi connectivity index (χ0v) is 11.7. The minimum Gasteiger partial charge on any atom is -0.432 e. The van der Waals surface area contributed by atoms with Crippen LogP contribution in [0.3, 0.4) is 0 Å². The van der Waals surface area contributed by atoms with Gasteiger partial charge in [0.1, 0.15) is 5.60 Å². The number of unbranched alkanes of at least 4 members (excludes halogenated alkanes) is 1. The minimum absolute atomic E-state index is 0.406. The lowest BCUT2D eigenvalue weighted by molar-refractivity contribution is -0.312. The zero-order valence-electron chi connectivity index (χ0n) is 11.7. The van der Waals surface area contributed by atoms with Crippen molar-refractivity contribution in [2.45, 2.75) is 65.9 Å². The molecular formula is C13H26O4. The van der Waals surface area contributed by atoms with E-state index in [0.29, 0.717) is 12.5 Å². The lowest BCUT2D eigenvalue weighted by atomic mass is 10.0. The first-order valence-corrected chi connectivity index (χ1v) is 6.41. The fourth-order valence-electron chi connectivity index (χ4n) is 1.27. The number of hydrogen-bond acceptors (Lipinski definition) is 4. The molecule has 0 bridgehead atoms. The molecule has 0 heterocycles. The lowest BCUT2D eigenvalue weighted by Gasteiger charge is -2.17. The summed E-state index contributed by atoms with van der Waals surface area (Å²) in [6.45, 7) is 10.1. The smallest absolute Gasteiger partial charge is 0.432 e. The van der Waals surface area contributed by atoms with E-state index in [1.807, 2.05) is 0 Å². The van der Waals surface area contributed by atoms with Crippen LogP contribution in [0.2, 0.25) is 0 Å². The van der Waals surface area contributed by atoms with Crippen molar-refractivity contribution in [1.29, 1.82) is 0 Å². The Morgan fingerprint density at radius 3 is 2.35 bits per heavy atom. The molecular weight excluding hydrogens is 220 g/mol. The molecule has 0 aromatic heterocycles. The van der Waals surface area contributed by atoms with Gasteiger partial charge < -0.3 is 4.74 Å². The van der Waals surface area contributed by atoms with E-state index < -0.39 is 11.8 Å². The van der Waals surface area contributed by atoms with Crippen LogP contribution in [0.4, 0.5) is 4.79 Å². The summed E-state index contributed by atoms with van der Waals surface area (Å²) < 4.78 is 5.00. The van der Waals surface area contributed by atoms with Crippen molar-refractivity contribution in [3.8, 4) is 0 Å². The van der Waals surface area contributed by atoms with Crippen LogP contribution in [0, 0.1) is 5.92 Å². The number of hydrogen-bond donors (Lipinski definition) is 0. The normalized spacial score (nSPS) is 13.2. The highest BCUT2D eigenvalue weighted by atomic mass is 17.2. The topological polar surface area (TPSA) is 44.8 Å². The summed E-state index contributed by atoms with van der Waals surface area (Å²) in [4.78, 5) is 20.6. The minimum atomic E-state index is -0.755. The highest BCUT2D eigenvalue weighted by Crippen LogP contribution is 2.14. The van der Waals surface area contributed by atoms with E-state index >= 15 is 0 Å². The van der Waals surface area contributed by atoms with Crippen LogP contribution in [-0.4, -0.2) is 18.4 Å². The molecule has 0 radical (unpaired) electrons. The van der Waals surface area contributed by atoms with Gasteiger partial charge in [0.2, 0.25) is 0 Å². The van der Waals surface area contributed by atoms with Crippen LogP contribution >= 0.6 is 0 Å². The van der Waals surface area contributed by atoms with Gasteiger partial charge in [-0.15, -0.1) is 0 Å². The molecule has 0 unspecified atom stereocenters. The molecule has 0 aromatic rings. The van der Waals surface area contributed by atoms with E-state index in [0.717, 1.165) is 25.7 Å². The van der Waals surface area contributed by atoms with Crippen molar-refractivity contribution in [2.24, 2.45) is 5.92 Å². The van der Waals surface area contributed by atoms with Gasteiger partial charge in [0.15, 0.2) is 0 Å². The van der Waals surface area contributed by atoms with E-state index in [1.54, 1.807) is 20.8 Å². The largest absolute Gasteiger partial charge is 0.540 e. The van der Waals surface area contributed by atoms with Crippen molar-refractivity contribution in [3.63, 3.8) is 0 Å². The summed E-state index contributed by atoms with van der Waals surface area (Å²) in [6, 6.07) is 0. The van der Waals surface area contributed by atoms with Gasteiger partial charge >= 0.3 is 6.16 Å². The fraction of sp³-hybridized carbons (Fsp3) is 0.923. The molecule has 4 nitrogen and oxygen atoms in total. The van der Waals surface area contributed by atoms with Gasteiger partial charge in [0.25, 0.3) is 0 Å². The Morgan fingerprint density at radius 1 is 1.24 bits per heavy atom. The molecule has 4 heteroatoms. The number of carbonyl (C=O) groups is 1. The summed E-state index contributed by atoms with van der Waals surface area (Å²) in [5.41, 5.74) is -0.509. The molecule has 17 heavy (non-hydrogen) atoms. The van der Waals surface area contributed by atoms with Crippen LogP contribution in [-0.2, 0) is 14.5 Å². The first kappa shape index (κ1) is 16.2. The Labute approximate surface area is 105 Å². The second-order valence-corrected chi connectivity index (χ2v) is 5.26. The average Bonchev–Trinajstić information content (AvgIpc) is 2.25. The number of carbonyl (C=O) groups excluding carboxylic acids is 1. The van der Waals surface area contributed by atoms with Crippen molar-refractivity contribution < 1.29 is 19.3 Å².